The number of nitrogens with zero attached hydrogens (tertiary/aromatic N) is 1. The minimum atomic E-state index is -0.542. The lowest BCUT2D eigenvalue weighted by Crippen LogP contribution is -2.47. The van der Waals surface area contributed by atoms with Crippen LogP contribution in [0.5, 0.6) is 0 Å². The third-order valence-electron chi connectivity index (χ3n) is 2.57. The van der Waals surface area contributed by atoms with Crippen molar-refractivity contribution in [2.45, 2.75) is 19.9 Å². The van der Waals surface area contributed by atoms with E-state index in [1.165, 1.54) is 0 Å². The molecule has 4 N–H and O–H groups in total. The summed E-state index contributed by atoms with van der Waals surface area (Å²) in [4.78, 5) is 12.1. The van der Waals surface area contributed by atoms with Crippen molar-refractivity contribution in [2.24, 2.45) is 16.8 Å². The standard InChI is InChI=1S/C12H15BrClN3O2/c1-6(2)10(11(15)17-19)16-12(18)7-3-4-8(13)9(14)5-7/h3-6,10,19H,1-2H3,(H2,15,17)(H,16,18). The van der Waals surface area contributed by atoms with Gasteiger partial charge in [0.2, 0.25) is 0 Å². The quantitative estimate of drug-likeness (QED) is 0.338. The molecule has 19 heavy (non-hydrogen) atoms. The summed E-state index contributed by atoms with van der Waals surface area (Å²) in [6.07, 6.45) is 0. The Balaban J connectivity index is 2.91. The molecule has 0 saturated heterocycles. The molecule has 0 aromatic heterocycles. The molecule has 0 bridgehead atoms. The van der Waals surface area contributed by atoms with Gasteiger partial charge in [0.1, 0.15) is 0 Å². The lowest BCUT2D eigenvalue weighted by atomic mass is 10.0. The smallest absolute Gasteiger partial charge is 0.251 e. The number of rotatable bonds is 4. The number of benzene rings is 1. The Labute approximate surface area is 124 Å². The van der Waals surface area contributed by atoms with Crippen molar-refractivity contribution in [3.05, 3.63) is 33.3 Å². The molecule has 0 spiro atoms. The summed E-state index contributed by atoms with van der Waals surface area (Å²) < 4.78 is 0.711. The van der Waals surface area contributed by atoms with Crippen LogP contribution in [0.2, 0.25) is 5.02 Å². The van der Waals surface area contributed by atoms with Crippen molar-refractivity contribution in [3.8, 4) is 0 Å². The fourth-order valence-corrected chi connectivity index (χ4v) is 1.93. The third-order valence-corrected chi connectivity index (χ3v) is 3.80. The van der Waals surface area contributed by atoms with Gasteiger partial charge in [-0.2, -0.15) is 0 Å². The largest absolute Gasteiger partial charge is 0.409 e. The predicted molar refractivity (Wildman–Crippen MR) is 78.7 cm³/mol. The molecule has 1 unspecified atom stereocenters. The van der Waals surface area contributed by atoms with E-state index in [0.29, 0.717) is 15.1 Å². The van der Waals surface area contributed by atoms with Crippen LogP contribution >= 0.6 is 27.5 Å². The van der Waals surface area contributed by atoms with Crippen LogP contribution in [0.15, 0.2) is 27.8 Å². The number of amidine groups is 1. The van der Waals surface area contributed by atoms with Crippen molar-refractivity contribution in [3.63, 3.8) is 0 Å². The van der Waals surface area contributed by atoms with Crippen LogP contribution in [0.1, 0.15) is 24.2 Å². The van der Waals surface area contributed by atoms with Crippen molar-refractivity contribution in [2.75, 3.05) is 0 Å². The monoisotopic (exact) mass is 347 g/mol. The average molecular weight is 349 g/mol. The summed E-state index contributed by atoms with van der Waals surface area (Å²) in [6.45, 7) is 3.72. The molecule has 1 atom stereocenters. The van der Waals surface area contributed by atoms with Crippen LogP contribution in [-0.4, -0.2) is 23.0 Å². The topological polar surface area (TPSA) is 87.7 Å². The Bertz CT molecular complexity index is 506. The SMILES string of the molecule is CC(C)C(NC(=O)c1ccc(Br)c(Cl)c1)/C(N)=N/O. The average Bonchev–Trinajstić information content (AvgIpc) is 2.37. The molecule has 0 saturated carbocycles. The Morgan fingerprint density at radius 1 is 1.53 bits per heavy atom. The van der Waals surface area contributed by atoms with Gasteiger partial charge in [-0.1, -0.05) is 30.6 Å². The Morgan fingerprint density at radius 2 is 2.16 bits per heavy atom. The predicted octanol–water partition coefficient (Wildman–Crippen LogP) is 2.60. The van der Waals surface area contributed by atoms with Crippen molar-refractivity contribution in [1.82, 2.24) is 5.32 Å². The highest BCUT2D eigenvalue weighted by Crippen LogP contribution is 2.23. The highest BCUT2D eigenvalue weighted by molar-refractivity contribution is 9.10. The number of oxime groups is 1. The molecule has 0 heterocycles. The molecule has 0 aliphatic heterocycles. The van der Waals surface area contributed by atoms with Crippen LogP contribution in [0.4, 0.5) is 0 Å². The zero-order valence-electron chi connectivity index (χ0n) is 10.5. The third kappa shape index (κ3) is 4.11. The molecule has 0 aliphatic rings. The summed E-state index contributed by atoms with van der Waals surface area (Å²) in [5, 5.41) is 14.8. The lowest BCUT2D eigenvalue weighted by Gasteiger charge is -2.20. The van der Waals surface area contributed by atoms with Gasteiger partial charge >= 0.3 is 0 Å². The second-order valence-electron chi connectivity index (χ2n) is 4.35. The normalized spacial score (nSPS) is 13.4. The van der Waals surface area contributed by atoms with E-state index in [0.717, 1.165) is 0 Å². The number of hydrogen-bond donors (Lipinski definition) is 3. The van der Waals surface area contributed by atoms with Gasteiger partial charge in [0.25, 0.3) is 5.91 Å². The zero-order chi connectivity index (χ0) is 14.6. The molecule has 0 aliphatic carbocycles. The molecule has 1 amide bonds. The number of nitrogens with two attached hydrogens (primary N) is 1. The van der Waals surface area contributed by atoms with Gasteiger partial charge in [-0.3, -0.25) is 4.79 Å². The number of carbonyl (C=O) groups excluding carboxylic acids is 1. The minimum Gasteiger partial charge on any atom is -0.409 e. The molecule has 1 rings (SSSR count). The molecule has 0 radical (unpaired) electrons. The van der Waals surface area contributed by atoms with Gasteiger partial charge in [0, 0.05) is 10.0 Å². The first-order chi connectivity index (χ1) is 8.86. The number of amides is 1. The van der Waals surface area contributed by atoms with E-state index in [1.54, 1.807) is 18.2 Å². The maximum absolute atomic E-state index is 12.1. The Morgan fingerprint density at radius 3 is 2.63 bits per heavy atom. The first-order valence-corrected chi connectivity index (χ1v) is 6.77. The van der Waals surface area contributed by atoms with Crippen LogP contribution < -0.4 is 11.1 Å². The zero-order valence-corrected chi connectivity index (χ0v) is 12.9. The highest BCUT2D eigenvalue weighted by atomic mass is 79.9. The van der Waals surface area contributed by atoms with Crippen LogP contribution in [-0.2, 0) is 0 Å². The first-order valence-electron chi connectivity index (χ1n) is 5.60. The molecular weight excluding hydrogens is 334 g/mol. The van der Waals surface area contributed by atoms with Crippen LogP contribution in [0.25, 0.3) is 0 Å². The number of nitrogens with one attached hydrogen (secondary N) is 1. The van der Waals surface area contributed by atoms with E-state index in [9.17, 15) is 4.79 Å². The maximum Gasteiger partial charge on any atom is 0.251 e. The van der Waals surface area contributed by atoms with Crippen molar-refractivity contribution in [1.29, 1.82) is 0 Å². The molecule has 7 heteroatoms. The summed E-state index contributed by atoms with van der Waals surface area (Å²) in [5.41, 5.74) is 5.96. The van der Waals surface area contributed by atoms with Gasteiger partial charge in [0.15, 0.2) is 5.84 Å². The number of halogens is 2. The molecule has 104 valence electrons. The van der Waals surface area contributed by atoms with E-state index >= 15 is 0 Å². The van der Waals surface area contributed by atoms with Crippen molar-refractivity contribution >= 4 is 39.3 Å². The summed E-state index contributed by atoms with van der Waals surface area (Å²) in [6, 6.07) is 4.32. The molecule has 0 fully saturated rings. The van der Waals surface area contributed by atoms with Crippen molar-refractivity contribution < 1.29 is 10.0 Å². The highest BCUT2D eigenvalue weighted by Gasteiger charge is 2.21. The first kappa shape index (κ1) is 15.8. The van der Waals surface area contributed by atoms with Crippen LogP contribution in [0, 0.1) is 5.92 Å². The van der Waals surface area contributed by atoms with E-state index in [-0.39, 0.29) is 17.7 Å². The Kier molecular flexibility index (Phi) is 5.62. The summed E-state index contributed by atoms with van der Waals surface area (Å²) >= 11 is 9.18. The van der Waals surface area contributed by atoms with Gasteiger partial charge in [-0.05, 0) is 40.0 Å². The van der Waals surface area contributed by atoms with E-state index in [2.05, 4.69) is 26.4 Å². The van der Waals surface area contributed by atoms with Gasteiger partial charge in [0.05, 0.1) is 11.1 Å². The molecule has 1 aromatic rings. The van der Waals surface area contributed by atoms with Crippen LogP contribution in [0.3, 0.4) is 0 Å². The Hall–Kier alpha value is -1.27. The lowest BCUT2D eigenvalue weighted by molar-refractivity contribution is 0.0939. The molecule has 5 nitrogen and oxygen atoms in total. The van der Waals surface area contributed by atoms with E-state index < -0.39 is 6.04 Å². The molecule has 1 aromatic carbocycles. The van der Waals surface area contributed by atoms with E-state index in [1.807, 2.05) is 13.8 Å². The summed E-state index contributed by atoms with van der Waals surface area (Å²) in [5.74, 6) is -0.378. The maximum atomic E-state index is 12.1. The fraction of sp³-hybridized carbons (Fsp3) is 0.333. The minimum absolute atomic E-state index is 0.00855. The second kappa shape index (κ2) is 6.77. The van der Waals surface area contributed by atoms with Gasteiger partial charge in [-0.25, -0.2) is 0 Å². The van der Waals surface area contributed by atoms with E-state index in [4.69, 9.17) is 22.5 Å². The fourth-order valence-electron chi connectivity index (χ4n) is 1.51. The van der Waals surface area contributed by atoms with Gasteiger partial charge in [-0.15, -0.1) is 0 Å². The second-order valence-corrected chi connectivity index (χ2v) is 5.61. The van der Waals surface area contributed by atoms with Gasteiger partial charge < -0.3 is 16.3 Å². The number of carbonyl (C=O) groups is 1. The summed E-state index contributed by atoms with van der Waals surface area (Å²) in [7, 11) is 0. The number of hydrogen-bond acceptors (Lipinski definition) is 3. The molecular formula is C12H15BrClN3O2.